The van der Waals surface area contributed by atoms with E-state index in [1.54, 1.807) is 19.2 Å². The summed E-state index contributed by atoms with van der Waals surface area (Å²) in [6.07, 6.45) is 1.68. The lowest BCUT2D eigenvalue weighted by atomic mass is 9.92. The Kier molecular flexibility index (Phi) is 5.65. The Morgan fingerprint density at radius 3 is 2.81 bits per heavy atom. The van der Waals surface area contributed by atoms with Crippen molar-refractivity contribution in [2.75, 3.05) is 7.11 Å². The van der Waals surface area contributed by atoms with E-state index >= 15 is 0 Å². The number of ether oxygens (including phenoxy) is 1. The van der Waals surface area contributed by atoms with Crippen LogP contribution >= 0.6 is 22.6 Å². The largest absolute Gasteiger partial charge is 0.466 e. The summed E-state index contributed by atoms with van der Waals surface area (Å²) in [5, 5.41) is 3.14. The summed E-state index contributed by atoms with van der Waals surface area (Å²) in [4.78, 5) is 21.4. The molecule has 1 aliphatic heterocycles. The summed E-state index contributed by atoms with van der Waals surface area (Å²) in [6.45, 7) is 1.80. The van der Waals surface area contributed by atoms with Crippen molar-refractivity contribution in [3.63, 3.8) is 0 Å². The molecule has 134 valence electrons. The van der Waals surface area contributed by atoms with E-state index in [2.05, 4.69) is 32.9 Å². The van der Waals surface area contributed by atoms with E-state index in [-0.39, 0.29) is 5.82 Å². The van der Waals surface area contributed by atoms with Crippen molar-refractivity contribution in [3.05, 3.63) is 76.5 Å². The van der Waals surface area contributed by atoms with E-state index in [1.165, 1.54) is 19.2 Å². The maximum absolute atomic E-state index is 13.7. The number of aliphatic imine (C=N–C) groups is 1. The van der Waals surface area contributed by atoms with Crippen molar-refractivity contribution in [1.29, 1.82) is 0 Å². The summed E-state index contributed by atoms with van der Waals surface area (Å²) < 4.78 is 19.2. The van der Waals surface area contributed by atoms with Gasteiger partial charge in [-0.25, -0.2) is 9.18 Å². The van der Waals surface area contributed by atoms with E-state index in [0.717, 1.165) is 11.1 Å². The van der Waals surface area contributed by atoms with Gasteiger partial charge in [0.2, 0.25) is 0 Å². The van der Waals surface area contributed by atoms with Gasteiger partial charge >= 0.3 is 5.97 Å². The fraction of sp³-hybridized carbons (Fsp3) is 0.211. The molecule has 0 fully saturated rings. The average Bonchev–Trinajstić information content (AvgIpc) is 2.67. The van der Waals surface area contributed by atoms with Gasteiger partial charge in [0, 0.05) is 16.3 Å². The van der Waals surface area contributed by atoms with E-state index in [4.69, 9.17) is 9.73 Å². The molecule has 5 nitrogen and oxygen atoms in total. The average molecular weight is 465 g/mol. The first-order valence-electron chi connectivity index (χ1n) is 7.94. The number of pyridine rings is 1. The monoisotopic (exact) mass is 465 g/mol. The van der Waals surface area contributed by atoms with Gasteiger partial charge in [0.25, 0.3) is 0 Å². The fourth-order valence-corrected chi connectivity index (χ4v) is 3.53. The van der Waals surface area contributed by atoms with Crippen molar-refractivity contribution >= 4 is 34.4 Å². The Balaban J connectivity index is 2.16. The molecular formula is C19H17FIN3O2. The van der Waals surface area contributed by atoms with Gasteiger partial charge in [-0.3, -0.25) is 9.98 Å². The highest BCUT2D eigenvalue weighted by molar-refractivity contribution is 14.1. The Bertz CT molecular complexity index is 897. The van der Waals surface area contributed by atoms with Crippen LogP contribution < -0.4 is 5.32 Å². The Morgan fingerprint density at radius 1 is 1.35 bits per heavy atom. The number of hydrogen-bond donors (Lipinski definition) is 1. The maximum atomic E-state index is 13.7. The lowest BCUT2D eigenvalue weighted by molar-refractivity contribution is -0.136. The van der Waals surface area contributed by atoms with Crippen LogP contribution in [0.5, 0.6) is 0 Å². The Hall–Kier alpha value is -2.29. The minimum atomic E-state index is -0.592. The van der Waals surface area contributed by atoms with Crippen LogP contribution in [-0.4, -0.2) is 23.9 Å². The highest BCUT2D eigenvalue weighted by Crippen LogP contribution is 2.35. The van der Waals surface area contributed by atoms with Gasteiger partial charge in [-0.05, 0) is 42.3 Å². The summed E-state index contributed by atoms with van der Waals surface area (Å²) in [5.41, 5.74) is 3.27. The van der Waals surface area contributed by atoms with Crippen molar-refractivity contribution < 1.29 is 13.9 Å². The number of halogens is 2. The normalized spacial score (nSPS) is 16.8. The molecule has 0 saturated carbocycles. The Labute approximate surface area is 164 Å². The quantitative estimate of drug-likeness (QED) is 0.425. The number of hydrogen-bond acceptors (Lipinski definition) is 5. The molecule has 7 heteroatoms. The van der Waals surface area contributed by atoms with Crippen LogP contribution in [0.25, 0.3) is 0 Å². The van der Waals surface area contributed by atoms with Crippen molar-refractivity contribution in [3.8, 4) is 0 Å². The Morgan fingerprint density at radius 2 is 2.15 bits per heavy atom. The summed E-state index contributed by atoms with van der Waals surface area (Å²) >= 11 is 2.17. The summed E-state index contributed by atoms with van der Waals surface area (Å²) in [5.74, 6) is -0.222. The molecule has 0 saturated heterocycles. The second-order valence-corrected chi connectivity index (χ2v) is 6.49. The highest BCUT2D eigenvalue weighted by atomic mass is 127. The SMILES string of the molecule is COC(=O)C1=C(C)NC(c2ccccn2)=NC1c1ccc(F)cc1CI. The topological polar surface area (TPSA) is 63.6 Å². The zero-order valence-corrected chi connectivity index (χ0v) is 16.5. The predicted molar refractivity (Wildman–Crippen MR) is 105 cm³/mol. The van der Waals surface area contributed by atoms with Crippen LogP contribution in [0.1, 0.15) is 29.8 Å². The lowest BCUT2D eigenvalue weighted by Gasteiger charge is -2.26. The molecule has 1 aliphatic rings. The number of nitrogens with one attached hydrogen (secondary N) is 1. The smallest absolute Gasteiger partial charge is 0.338 e. The third kappa shape index (κ3) is 3.62. The van der Waals surface area contributed by atoms with E-state index in [9.17, 15) is 9.18 Å². The molecule has 1 atom stereocenters. The maximum Gasteiger partial charge on any atom is 0.338 e. The number of methoxy groups -OCH3 is 1. The van der Waals surface area contributed by atoms with Gasteiger partial charge < -0.3 is 10.1 Å². The first-order valence-corrected chi connectivity index (χ1v) is 9.47. The molecule has 0 amide bonds. The molecule has 0 bridgehead atoms. The van der Waals surface area contributed by atoms with Crippen LogP contribution in [0.2, 0.25) is 0 Å². The zero-order valence-electron chi connectivity index (χ0n) is 14.3. The second kappa shape index (κ2) is 7.94. The second-order valence-electron chi connectivity index (χ2n) is 5.73. The molecule has 26 heavy (non-hydrogen) atoms. The molecule has 0 aliphatic carbocycles. The summed E-state index contributed by atoms with van der Waals surface area (Å²) in [6, 6.07) is 9.47. The van der Waals surface area contributed by atoms with Gasteiger partial charge in [0.1, 0.15) is 17.6 Å². The van der Waals surface area contributed by atoms with Crippen LogP contribution in [0.3, 0.4) is 0 Å². The standard InChI is InChI=1S/C19H17FIN3O2/c1-11-16(19(25)26-2)17(14-7-6-13(20)9-12(14)10-21)24-18(23-11)15-5-3-4-8-22-15/h3-9,17H,10H2,1-2H3,(H,23,24). The summed E-state index contributed by atoms with van der Waals surface area (Å²) in [7, 11) is 1.33. The third-order valence-electron chi connectivity index (χ3n) is 4.10. The number of allylic oxidation sites excluding steroid dienone is 1. The lowest BCUT2D eigenvalue weighted by Crippen LogP contribution is -2.33. The number of amidine groups is 1. The molecule has 3 rings (SSSR count). The highest BCUT2D eigenvalue weighted by Gasteiger charge is 2.31. The van der Waals surface area contributed by atoms with Crippen molar-refractivity contribution in [2.24, 2.45) is 4.99 Å². The molecule has 0 radical (unpaired) electrons. The van der Waals surface area contributed by atoms with Crippen LogP contribution in [0, 0.1) is 5.82 Å². The molecule has 2 aromatic rings. The number of nitrogens with zero attached hydrogens (tertiary/aromatic N) is 2. The fourth-order valence-electron chi connectivity index (χ4n) is 2.87. The molecule has 0 spiro atoms. The third-order valence-corrected chi connectivity index (χ3v) is 4.92. The van der Waals surface area contributed by atoms with Crippen molar-refractivity contribution in [2.45, 2.75) is 17.4 Å². The van der Waals surface area contributed by atoms with Crippen LogP contribution in [-0.2, 0) is 14.0 Å². The van der Waals surface area contributed by atoms with Gasteiger partial charge in [-0.15, -0.1) is 0 Å². The zero-order chi connectivity index (χ0) is 18.7. The molecule has 1 N–H and O–H groups in total. The van der Waals surface area contributed by atoms with Crippen molar-refractivity contribution in [1.82, 2.24) is 10.3 Å². The number of carbonyl (C=O) groups excluding carboxylic acids is 1. The number of carbonyl (C=O) groups is 1. The first-order chi connectivity index (χ1) is 12.5. The molecule has 1 aromatic carbocycles. The molecule has 1 unspecified atom stereocenters. The molecule has 2 heterocycles. The van der Waals surface area contributed by atoms with Gasteiger partial charge in [-0.2, -0.15) is 0 Å². The van der Waals surface area contributed by atoms with Gasteiger partial charge in [0.15, 0.2) is 5.84 Å². The van der Waals surface area contributed by atoms with Gasteiger partial charge in [0.05, 0.1) is 12.7 Å². The number of rotatable bonds is 4. The van der Waals surface area contributed by atoms with Crippen LogP contribution in [0.15, 0.2) is 58.9 Å². The minimum absolute atomic E-state index is 0.316. The predicted octanol–water partition coefficient (Wildman–Crippen LogP) is 3.69. The first kappa shape index (κ1) is 18.5. The number of aromatic nitrogens is 1. The van der Waals surface area contributed by atoms with E-state index in [1.807, 2.05) is 18.2 Å². The van der Waals surface area contributed by atoms with E-state index < -0.39 is 12.0 Å². The number of benzene rings is 1. The van der Waals surface area contributed by atoms with E-state index in [0.29, 0.717) is 27.2 Å². The number of alkyl halides is 1. The number of esters is 1. The molecule has 1 aromatic heterocycles. The minimum Gasteiger partial charge on any atom is -0.466 e. The van der Waals surface area contributed by atoms with Crippen LogP contribution in [0.4, 0.5) is 4.39 Å². The van der Waals surface area contributed by atoms with Gasteiger partial charge in [-0.1, -0.05) is 34.7 Å². The molecular weight excluding hydrogens is 448 g/mol.